The van der Waals surface area contributed by atoms with E-state index in [4.69, 9.17) is 15.2 Å². The molecule has 0 spiro atoms. The first kappa shape index (κ1) is 12.3. The third-order valence-electron chi connectivity index (χ3n) is 4.15. The predicted molar refractivity (Wildman–Crippen MR) is 63.4 cm³/mol. The molecule has 94 valence electrons. The molecule has 0 aromatic rings. The van der Waals surface area contributed by atoms with E-state index in [0.717, 1.165) is 51.8 Å². The molecule has 0 aliphatic carbocycles. The molecule has 0 radical (unpaired) electrons. The number of nitrogens with zero attached hydrogens (tertiary/aromatic N) is 1. The quantitative estimate of drug-likeness (QED) is 0.759. The summed E-state index contributed by atoms with van der Waals surface area (Å²) < 4.78 is 10.8. The van der Waals surface area contributed by atoms with Crippen molar-refractivity contribution >= 4 is 0 Å². The van der Waals surface area contributed by atoms with Crippen LogP contribution in [0.1, 0.15) is 19.3 Å². The van der Waals surface area contributed by atoms with Crippen molar-refractivity contribution in [3.05, 3.63) is 0 Å². The zero-order valence-electron chi connectivity index (χ0n) is 10.3. The topological polar surface area (TPSA) is 47.7 Å². The van der Waals surface area contributed by atoms with Gasteiger partial charge in [-0.25, -0.2) is 0 Å². The van der Waals surface area contributed by atoms with E-state index in [0.29, 0.717) is 0 Å². The van der Waals surface area contributed by atoms with E-state index in [2.05, 4.69) is 4.90 Å². The molecule has 4 nitrogen and oxygen atoms in total. The van der Waals surface area contributed by atoms with E-state index in [-0.39, 0.29) is 5.54 Å². The smallest absolute Gasteiger partial charge is 0.0663 e. The van der Waals surface area contributed by atoms with Crippen molar-refractivity contribution in [2.75, 3.05) is 46.6 Å². The molecule has 4 heteroatoms. The Morgan fingerprint density at radius 1 is 1.44 bits per heavy atom. The van der Waals surface area contributed by atoms with E-state index >= 15 is 0 Å². The summed E-state index contributed by atoms with van der Waals surface area (Å²) in [6, 6.07) is 0. The van der Waals surface area contributed by atoms with Crippen LogP contribution in [0.4, 0.5) is 0 Å². The minimum Gasteiger partial charge on any atom is -0.384 e. The van der Waals surface area contributed by atoms with Crippen molar-refractivity contribution in [1.29, 1.82) is 0 Å². The van der Waals surface area contributed by atoms with Gasteiger partial charge in [0, 0.05) is 26.9 Å². The van der Waals surface area contributed by atoms with E-state index in [1.807, 2.05) is 0 Å². The Labute approximate surface area is 98.1 Å². The number of rotatable bonds is 4. The Balaban J connectivity index is 1.87. The maximum absolute atomic E-state index is 5.95. The molecule has 2 N–H and O–H groups in total. The fourth-order valence-electron chi connectivity index (χ4n) is 2.95. The number of hydrogen-bond donors (Lipinski definition) is 1. The highest BCUT2D eigenvalue weighted by Gasteiger charge is 2.40. The van der Waals surface area contributed by atoms with Gasteiger partial charge in [0.1, 0.15) is 0 Å². The third kappa shape index (κ3) is 2.40. The van der Waals surface area contributed by atoms with E-state index in [9.17, 15) is 0 Å². The van der Waals surface area contributed by atoms with Crippen molar-refractivity contribution in [3.8, 4) is 0 Å². The van der Waals surface area contributed by atoms with Crippen molar-refractivity contribution < 1.29 is 9.47 Å². The Kier molecular flexibility index (Phi) is 4.19. The standard InChI is InChI=1S/C12H24N2O2/c1-15-8-11-2-5-14(6-3-11)12(9-13)4-7-16-10-12/h11H,2-10,13H2,1H3. The molecule has 2 fully saturated rings. The van der Waals surface area contributed by atoms with Crippen LogP contribution in [-0.4, -0.2) is 57.0 Å². The molecule has 0 amide bonds. The van der Waals surface area contributed by atoms with Gasteiger partial charge in [-0.1, -0.05) is 0 Å². The SMILES string of the molecule is COCC1CCN(C2(CN)CCOC2)CC1. The van der Waals surface area contributed by atoms with Gasteiger partial charge < -0.3 is 15.2 Å². The molecule has 16 heavy (non-hydrogen) atoms. The van der Waals surface area contributed by atoms with Crippen LogP contribution in [0.3, 0.4) is 0 Å². The van der Waals surface area contributed by atoms with Gasteiger partial charge in [0.15, 0.2) is 0 Å². The van der Waals surface area contributed by atoms with Gasteiger partial charge in [0.2, 0.25) is 0 Å². The summed E-state index contributed by atoms with van der Waals surface area (Å²) in [7, 11) is 1.79. The van der Waals surface area contributed by atoms with Gasteiger partial charge in [-0.2, -0.15) is 0 Å². The second kappa shape index (κ2) is 5.45. The van der Waals surface area contributed by atoms with Gasteiger partial charge in [0.25, 0.3) is 0 Å². The molecule has 0 aromatic carbocycles. The normalized spacial score (nSPS) is 33.4. The first-order chi connectivity index (χ1) is 7.80. The molecule has 2 heterocycles. The van der Waals surface area contributed by atoms with Crippen LogP contribution in [0, 0.1) is 5.92 Å². The summed E-state index contributed by atoms with van der Waals surface area (Å²) in [6.07, 6.45) is 3.56. The second-order valence-corrected chi connectivity index (χ2v) is 5.12. The van der Waals surface area contributed by atoms with Gasteiger partial charge in [-0.3, -0.25) is 4.90 Å². The minimum atomic E-state index is 0.137. The number of nitrogens with two attached hydrogens (primary N) is 1. The molecule has 0 aromatic heterocycles. The summed E-state index contributed by atoms with van der Waals surface area (Å²) >= 11 is 0. The van der Waals surface area contributed by atoms with Gasteiger partial charge in [-0.15, -0.1) is 0 Å². The number of hydrogen-bond acceptors (Lipinski definition) is 4. The first-order valence-corrected chi connectivity index (χ1v) is 6.32. The van der Waals surface area contributed by atoms with Crippen LogP contribution in [0.2, 0.25) is 0 Å². The Bertz CT molecular complexity index is 209. The summed E-state index contributed by atoms with van der Waals surface area (Å²) in [6.45, 7) is 5.61. The monoisotopic (exact) mass is 228 g/mol. The van der Waals surface area contributed by atoms with Gasteiger partial charge in [0.05, 0.1) is 12.1 Å². The fraction of sp³-hybridized carbons (Fsp3) is 1.00. The number of methoxy groups -OCH3 is 1. The summed E-state index contributed by atoms with van der Waals surface area (Å²) in [5, 5.41) is 0. The maximum Gasteiger partial charge on any atom is 0.0663 e. The molecule has 2 aliphatic heterocycles. The molecule has 1 unspecified atom stereocenters. The highest BCUT2D eigenvalue weighted by molar-refractivity contribution is 4.96. The van der Waals surface area contributed by atoms with Crippen molar-refractivity contribution in [3.63, 3.8) is 0 Å². The molecule has 0 bridgehead atoms. The highest BCUT2D eigenvalue weighted by Crippen LogP contribution is 2.30. The predicted octanol–water partition coefficient (Wildman–Crippen LogP) is 0.463. The first-order valence-electron chi connectivity index (χ1n) is 6.32. The Morgan fingerprint density at radius 3 is 2.69 bits per heavy atom. The second-order valence-electron chi connectivity index (χ2n) is 5.12. The molecule has 2 aliphatic rings. The zero-order valence-corrected chi connectivity index (χ0v) is 10.3. The zero-order chi connectivity index (χ0) is 11.4. The van der Waals surface area contributed by atoms with Crippen LogP contribution in [0.25, 0.3) is 0 Å². The molecular formula is C12H24N2O2. The molecule has 1 atom stereocenters. The summed E-state index contributed by atoms with van der Waals surface area (Å²) in [4.78, 5) is 2.55. The third-order valence-corrected chi connectivity index (χ3v) is 4.15. The number of likely N-dealkylation sites (tertiary alicyclic amines) is 1. The van der Waals surface area contributed by atoms with Crippen LogP contribution >= 0.6 is 0 Å². The molecule has 2 saturated heterocycles. The Hall–Kier alpha value is -0.160. The maximum atomic E-state index is 5.95. The van der Waals surface area contributed by atoms with E-state index in [1.54, 1.807) is 7.11 Å². The fourth-order valence-corrected chi connectivity index (χ4v) is 2.95. The van der Waals surface area contributed by atoms with Crippen molar-refractivity contribution in [2.24, 2.45) is 11.7 Å². The minimum absolute atomic E-state index is 0.137. The van der Waals surface area contributed by atoms with Crippen LogP contribution in [-0.2, 0) is 9.47 Å². The lowest BCUT2D eigenvalue weighted by atomic mass is 9.90. The van der Waals surface area contributed by atoms with Gasteiger partial charge in [-0.05, 0) is 38.3 Å². The average molecular weight is 228 g/mol. The van der Waals surface area contributed by atoms with Gasteiger partial charge >= 0.3 is 0 Å². The van der Waals surface area contributed by atoms with Crippen LogP contribution in [0.15, 0.2) is 0 Å². The van der Waals surface area contributed by atoms with Crippen molar-refractivity contribution in [1.82, 2.24) is 4.90 Å². The Morgan fingerprint density at radius 2 is 2.19 bits per heavy atom. The summed E-state index contributed by atoms with van der Waals surface area (Å²) in [5.41, 5.74) is 6.08. The number of ether oxygens (including phenoxy) is 2. The van der Waals surface area contributed by atoms with Crippen molar-refractivity contribution in [2.45, 2.75) is 24.8 Å². The van der Waals surface area contributed by atoms with Crippen LogP contribution in [0.5, 0.6) is 0 Å². The highest BCUT2D eigenvalue weighted by atomic mass is 16.5. The largest absolute Gasteiger partial charge is 0.384 e. The average Bonchev–Trinajstić information content (AvgIpc) is 2.80. The van der Waals surface area contributed by atoms with Crippen LogP contribution < -0.4 is 5.73 Å². The number of piperidine rings is 1. The summed E-state index contributed by atoms with van der Waals surface area (Å²) in [5.74, 6) is 0.735. The molecule has 0 saturated carbocycles. The lowest BCUT2D eigenvalue weighted by Gasteiger charge is -2.43. The molecular weight excluding hydrogens is 204 g/mol. The lowest BCUT2D eigenvalue weighted by molar-refractivity contribution is 0.0261. The van der Waals surface area contributed by atoms with E-state index in [1.165, 1.54) is 12.8 Å². The molecule has 2 rings (SSSR count). The lowest BCUT2D eigenvalue weighted by Crippen LogP contribution is -2.57. The van der Waals surface area contributed by atoms with E-state index < -0.39 is 0 Å².